The molecule has 0 fully saturated rings. The molecule has 1 unspecified atom stereocenters. The van der Waals surface area contributed by atoms with Gasteiger partial charge in [-0.05, 0) is 25.3 Å². The molecule has 6 nitrogen and oxygen atoms in total. The number of aromatic amines is 1. The molecule has 0 saturated heterocycles. The summed E-state index contributed by atoms with van der Waals surface area (Å²) in [5.41, 5.74) is 7.70. The number of H-pyrrole nitrogens is 1. The van der Waals surface area contributed by atoms with Crippen molar-refractivity contribution < 1.29 is 4.79 Å². The van der Waals surface area contributed by atoms with Gasteiger partial charge in [0.1, 0.15) is 0 Å². The summed E-state index contributed by atoms with van der Waals surface area (Å²) in [4.78, 5) is 23.4. The molecular formula is C13H23ClN4O2. The minimum absolute atomic E-state index is 0. The second kappa shape index (κ2) is 8.71. The van der Waals surface area contributed by atoms with Crippen LogP contribution in [0.2, 0.25) is 0 Å². The molecule has 0 radical (unpaired) electrons. The van der Waals surface area contributed by atoms with Crippen LogP contribution in [0.1, 0.15) is 44.0 Å². The van der Waals surface area contributed by atoms with E-state index in [1.54, 1.807) is 6.92 Å². The fourth-order valence-electron chi connectivity index (χ4n) is 2.01. The Balaban J connectivity index is 0.00000361. The molecule has 114 valence electrons. The van der Waals surface area contributed by atoms with Gasteiger partial charge in [0.05, 0.1) is 5.69 Å². The molecular weight excluding hydrogens is 280 g/mol. The quantitative estimate of drug-likeness (QED) is 0.719. The van der Waals surface area contributed by atoms with Crippen molar-refractivity contribution in [2.45, 2.75) is 52.6 Å². The zero-order valence-electron chi connectivity index (χ0n) is 12.2. The van der Waals surface area contributed by atoms with Gasteiger partial charge >= 0.3 is 0 Å². The standard InChI is InChI=1S/C13H22N4O2.ClH/c1-4-9-10(7-15-12(18)6-8(3)14)13(19)17-16-11(9)5-2;/h8H,4-7,14H2,1-3H3,(H,15,18)(H,17,19);1H. The van der Waals surface area contributed by atoms with E-state index in [1.165, 1.54) is 0 Å². The van der Waals surface area contributed by atoms with Gasteiger partial charge < -0.3 is 11.1 Å². The maximum absolute atomic E-state index is 11.8. The fraction of sp³-hybridized carbons (Fsp3) is 0.615. The van der Waals surface area contributed by atoms with Gasteiger partial charge in [0.15, 0.2) is 0 Å². The van der Waals surface area contributed by atoms with E-state index in [1.807, 2.05) is 13.8 Å². The number of nitrogens with one attached hydrogen (secondary N) is 2. The smallest absolute Gasteiger partial charge is 0.269 e. The summed E-state index contributed by atoms with van der Waals surface area (Å²) in [5.74, 6) is -0.147. The molecule has 4 N–H and O–H groups in total. The van der Waals surface area contributed by atoms with E-state index in [0.717, 1.165) is 24.1 Å². The zero-order valence-corrected chi connectivity index (χ0v) is 13.0. The van der Waals surface area contributed by atoms with Crippen LogP contribution >= 0.6 is 12.4 Å². The Morgan fingerprint density at radius 1 is 1.35 bits per heavy atom. The highest BCUT2D eigenvalue weighted by Crippen LogP contribution is 2.09. The van der Waals surface area contributed by atoms with Crippen LogP contribution in [0.15, 0.2) is 4.79 Å². The van der Waals surface area contributed by atoms with Crippen LogP contribution in [-0.2, 0) is 24.2 Å². The SMILES string of the molecule is CCc1n[nH]c(=O)c(CNC(=O)CC(C)N)c1CC.Cl. The number of halogens is 1. The van der Waals surface area contributed by atoms with E-state index in [9.17, 15) is 9.59 Å². The van der Waals surface area contributed by atoms with Gasteiger partial charge in [0, 0.05) is 24.6 Å². The van der Waals surface area contributed by atoms with Crippen LogP contribution in [0.25, 0.3) is 0 Å². The third-order valence-corrected chi connectivity index (χ3v) is 2.94. The third-order valence-electron chi connectivity index (χ3n) is 2.94. The van der Waals surface area contributed by atoms with Crippen molar-refractivity contribution >= 4 is 18.3 Å². The Hall–Kier alpha value is -1.40. The topological polar surface area (TPSA) is 101 Å². The number of carbonyl (C=O) groups excluding carboxylic acids is 1. The van der Waals surface area contributed by atoms with E-state index >= 15 is 0 Å². The van der Waals surface area contributed by atoms with Crippen LogP contribution < -0.4 is 16.6 Å². The molecule has 7 heteroatoms. The van der Waals surface area contributed by atoms with Crippen molar-refractivity contribution in [3.63, 3.8) is 0 Å². The molecule has 0 aliphatic carbocycles. The molecule has 0 aliphatic rings. The van der Waals surface area contributed by atoms with Crippen molar-refractivity contribution in [2.24, 2.45) is 5.73 Å². The largest absolute Gasteiger partial charge is 0.352 e. The first-order valence-electron chi connectivity index (χ1n) is 6.61. The van der Waals surface area contributed by atoms with Gasteiger partial charge in [-0.25, -0.2) is 5.10 Å². The van der Waals surface area contributed by atoms with Crippen molar-refractivity contribution in [3.05, 3.63) is 27.2 Å². The molecule has 0 aliphatic heterocycles. The molecule has 1 aromatic heterocycles. The normalized spacial score (nSPS) is 11.6. The lowest BCUT2D eigenvalue weighted by Gasteiger charge is -2.12. The van der Waals surface area contributed by atoms with E-state index in [4.69, 9.17) is 5.73 Å². The van der Waals surface area contributed by atoms with Crippen LogP contribution in [0.4, 0.5) is 0 Å². The number of aryl methyl sites for hydroxylation is 1. The average Bonchev–Trinajstić information content (AvgIpc) is 2.35. The highest BCUT2D eigenvalue weighted by molar-refractivity contribution is 5.85. The molecule has 0 aromatic carbocycles. The number of aromatic nitrogens is 2. The molecule has 1 aromatic rings. The van der Waals surface area contributed by atoms with Crippen molar-refractivity contribution in [3.8, 4) is 0 Å². The first kappa shape index (κ1) is 18.6. The lowest BCUT2D eigenvalue weighted by atomic mass is 10.0. The average molecular weight is 303 g/mol. The van der Waals surface area contributed by atoms with Gasteiger partial charge in [-0.1, -0.05) is 13.8 Å². The number of hydrogen-bond acceptors (Lipinski definition) is 4. The molecule has 0 bridgehead atoms. The molecule has 1 rings (SSSR count). The Labute approximate surface area is 124 Å². The number of rotatable bonds is 6. The monoisotopic (exact) mass is 302 g/mol. The van der Waals surface area contributed by atoms with Crippen LogP contribution in [0.5, 0.6) is 0 Å². The predicted octanol–water partition coefficient (Wildman–Crippen LogP) is 0.670. The first-order valence-corrected chi connectivity index (χ1v) is 6.61. The molecule has 1 atom stereocenters. The van der Waals surface area contributed by atoms with Gasteiger partial charge in [-0.2, -0.15) is 5.10 Å². The Bertz CT molecular complexity index is 500. The summed E-state index contributed by atoms with van der Waals surface area (Å²) in [6.07, 6.45) is 1.73. The lowest BCUT2D eigenvalue weighted by molar-refractivity contribution is -0.121. The fourth-order valence-corrected chi connectivity index (χ4v) is 2.01. The summed E-state index contributed by atoms with van der Waals surface area (Å²) in [6, 6.07) is -0.187. The summed E-state index contributed by atoms with van der Waals surface area (Å²) in [5, 5.41) is 9.24. The van der Waals surface area contributed by atoms with Gasteiger partial charge in [0.2, 0.25) is 5.91 Å². The molecule has 1 heterocycles. The molecule has 1 amide bonds. The molecule has 20 heavy (non-hydrogen) atoms. The maximum atomic E-state index is 11.8. The second-order valence-corrected chi connectivity index (χ2v) is 4.62. The van der Waals surface area contributed by atoms with Crippen LogP contribution in [0, 0.1) is 0 Å². The third kappa shape index (κ3) is 4.94. The number of nitrogens with zero attached hydrogens (tertiary/aromatic N) is 1. The van der Waals surface area contributed by atoms with Crippen molar-refractivity contribution in [1.82, 2.24) is 15.5 Å². The van der Waals surface area contributed by atoms with E-state index < -0.39 is 0 Å². The number of amides is 1. The van der Waals surface area contributed by atoms with Crippen molar-refractivity contribution in [2.75, 3.05) is 0 Å². The lowest BCUT2D eigenvalue weighted by Crippen LogP contribution is -2.32. The van der Waals surface area contributed by atoms with Gasteiger partial charge in [-0.15, -0.1) is 12.4 Å². The number of carbonyl (C=O) groups is 1. The second-order valence-electron chi connectivity index (χ2n) is 4.62. The first-order chi connectivity index (χ1) is 8.99. The summed E-state index contributed by atoms with van der Waals surface area (Å²) >= 11 is 0. The Morgan fingerprint density at radius 3 is 2.50 bits per heavy atom. The maximum Gasteiger partial charge on any atom is 0.269 e. The molecule has 0 saturated carbocycles. The highest BCUT2D eigenvalue weighted by Gasteiger charge is 2.13. The zero-order chi connectivity index (χ0) is 14.4. The highest BCUT2D eigenvalue weighted by atomic mass is 35.5. The molecule has 0 spiro atoms. The van der Waals surface area contributed by atoms with E-state index in [2.05, 4.69) is 15.5 Å². The number of nitrogens with two attached hydrogens (primary N) is 1. The van der Waals surface area contributed by atoms with E-state index in [-0.39, 0.29) is 42.9 Å². The van der Waals surface area contributed by atoms with Crippen LogP contribution in [0.3, 0.4) is 0 Å². The van der Waals surface area contributed by atoms with Gasteiger partial charge in [-0.3, -0.25) is 9.59 Å². The summed E-state index contributed by atoms with van der Waals surface area (Å²) in [6.45, 7) is 5.95. The Morgan fingerprint density at radius 2 is 2.00 bits per heavy atom. The van der Waals surface area contributed by atoms with Crippen LogP contribution in [-0.4, -0.2) is 22.1 Å². The minimum atomic E-state index is -0.241. The summed E-state index contributed by atoms with van der Waals surface area (Å²) in [7, 11) is 0. The minimum Gasteiger partial charge on any atom is -0.352 e. The summed E-state index contributed by atoms with van der Waals surface area (Å²) < 4.78 is 0. The van der Waals surface area contributed by atoms with Gasteiger partial charge in [0.25, 0.3) is 5.56 Å². The van der Waals surface area contributed by atoms with Crippen molar-refractivity contribution in [1.29, 1.82) is 0 Å². The predicted molar refractivity (Wildman–Crippen MR) is 81.0 cm³/mol. The number of hydrogen-bond donors (Lipinski definition) is 3. The van der Waals surface area contributed by atoms with E-state index in [0.29, 0.717) is 5.56 Å². The Kier molecular flexibility index (Phi) is 8.10.